The summed E-state index contributed by atoms with van der Waals surface area (Å²) in [5.41, 5.74) is 0.0193. The number of hydrogen-bond donors (Lipinski definition) is 2. The molecular weight excluding hydrogens is 470 g/mol. The van der Waals surface area contributed by atoms with Gasteiger partial charge in [-0.05, 0) is 23.3 Å². The van der Waals surface area contributed by atoms with Gasteiger partial charge < -0.3 is 20.2 Å². The van der Waals surface area contributed by atoms with Crippen LogP contribution in [0.5, 0.6) is 0 Å². The number of carbonyl (C=O) groups is 4. The van der Waals surface area contributed by atoms with E-state index in [-0.39, 0.29) is 36.1 Å². The summed E-state index contributed by atoms with van der Waals surface area (Å²) in [6.07, 6.45) is 0.603. The predicted molar refractivity (Wildman–Crippen MR) is 146 cm³/mol. The molecule has 0 saturated heterocycles. The van der Waals surface area contributed by atoms with Crippen molar-refractivity contribution in [3.8, 4) is 0 Å². The van der Waals surface area contributed by atoms with Crippen LogP contribution in [0.2, 0.25) is 0 Å². The second kappa shape index (κ2) is 13.1. The van der Waals surface area contributed by atoms with Crippen LogP contribution in [0.3, 0.4) is 0 Å². The Hall–Kier alpha value is -2.90. The zero-order chi connectivity index (χ0) is 28.7. The maximum absolute atomic E-state index is 13.9. The summed E-state index contributed by atoms with van der Waals surface area (Å²) in [6.45, 7) is 16.6. The van der Waals surface area contributed by atoms with Crippen LogP contribution in [0.25, 0.3) is 0 Å². The lowest BCUT2D eigenvalue weighted by atomic mass is 9.71. The number of benzene rings is 1. The molecule has 0 unspecified atom stereocenters. The van der Waals surface area contributed by atoms with Crippen molar-refractivity contribution in [3.05, 3.63) is 35.9 Å². The molecule has 0 fully saturated rings. The molecule has 0 aliphatic rings. The maximum atomic E-state index is 13.9. The minimum atomic E-state index is -1.11. The highest BCUT2D eigenvalue weighted by Crippen LogP contribution is 2.34. The summed E-state index contributed by atoms with van der Waals surface area (Å²) < 4.78 is 0. The number of carboxylic acids is 1. The Bertz CT molecular complexity index is 937. The molecule has 37 heavy (non-hydrogen) atoms. The molecule has 3 atom stereocenters. The molecule has 8 heteroatoms. The Morgan fingerprint density at radius 3 is 1.95 bits per heavy atom. The second-order valence-electron chi connectivity index (χ2n) is 11.9. The lowest BCUT2D eigenvalue weighted by Gasteiger charge is -2.41. The Balaban J connectivity index is 3.27. The van der Waals surface area contributed by atoms with Crippen molar-refractivity contribution in [2.24, 2.45) is 17.3 Å². The number of hydrogen-bond acceptors (Lipinski definition) is 4. The van der Waals surface area contributed by atoms with E-state index in [0.717, 1.165) is 5.56 Å². The molecule has 8 nitrogen and oxygen atoms in total. The van der Waals surface area contributed by atoms with Gasteiger partial charge in [0.15, 0.2) is 0 Å². The van der Waals surface area contributed by atoms with Gasteiger partial charge in [-0.1, -0.05) is 85.7 Å². The number of carbonyl (C=O) groups excluding carboxylic acids is 3. The highest BCUT2D eigenvalue weighted by atomic mass is 16.4. The van der Waals surface area contributed by atoms with Gasteiger partial charge >= 0.3 is 5.97 Å². The number of nitrogens with one attached hydrogen (secondary N) is 1. The lowest BCUT2D eigenvalue weighted by Crippen LogP contribution is -2.60. The van der Waals surface area contributed by atoms with Gasteiger partial charge in [0.25, 0.3) is 0 Å². The molecule has 1 aromatic carbocycles. The van der Waals surface area contributed by atoms with Gasteiger partial charge in [0, 0.05) is 31.8 Å². The maximum Gasteiger partial charge on any atom is 0.323 e. The van der Waals surface area contributed by atoms with E-state index in [1.54, 1.807) is 11.9 Å². The first kappa shape index (κ1) is 32.1. The second-order valence-corrected chi connectivity index (χ2v) is 11.9. The van der Waals surface area contributed by atoms with E-state index in [1.807, 2.05) is 85.7 Å². The quantitative estimate of drug-likeness (QED) is 0.437. The fraction of sp³-hybridized carbons (Fsp3) is 0.655. The summed E-state index contributed by atoms with van der Waals surface area (Å²) in [7, 11) is 1.65. The van der Waals surface area contributed by atoms with E-state index in [2.05, 4.69) is 5.32 Å². The minimum Gasteiger partial charge on any atom is -0.480 e. The number of amides is 3. The molecule has 0 aromatic heterocycles. The summed E-state index contributed by atoms with van der Waals surface area (Å²) in [5, 5.41) is 12.3. The van der Waals surface area contributed by atoms with Crippen molar-refractivity contribution in [2.75, 3.05) is 20.1 Å². The zero-order valence-corrected chi connectivity index (χ0v) is 24.3. The first-order valence-electron chi connectivity index (χ1n) is 13.0. The van der Waals surface area contributed by atoms with Crippen LogP contribution in [-0.2, 0) is 24.6 Å². The van der Waals surface area contributed by atoms with E-state index in [0.29, 0.717) is 6.42 Å². The molecule has 3 amide bonds. The summed E-state index contributed by atoms with van der Waals surface area (Å²) in [4.78, 5) is 53.7. The Morgan fingerprint density at radius 2 is 1.54 bits per heavy atom. The summed E-state index contributed by atoms with van der Waals surface area (Å²) >= 11 is 0. The monoisotopic (exact) mass is 517 g/mol. The summed E-state index contributed by atoms with van der Waals surface area (Å²) in [6, 6.07) is 8.65. The minimum absolute atomic E-state index is 0.0543. The molecule has 1 rings (SSSR count). The van der Waals surface area contributed by atoms with Crippen LogP contribution in [0.1, 0.15) is 74.3 Å². The van der Waals surface area contributed by atoms with Crippen molar-refractivity contribution in [3.63, 3.8) is 0 Å². The SMILES string of the molecule is CC[C@H](C(=O)N[C@H](C(=O)N(C)[C@H](CN(CC(=O)O)C(C)=O)C(C)C)C(C)(C)C)C(C)(C)c1ccccc1. The van der Waals surface area contributed by atoms with Gasteiger partial charge in [-0.3, -0.25) is 19.2 Å². The Kier molecular flexibility index (Phi) is 11.3. The van der Waals surface area contributed by atoms with Gasteiger partial charge in [-0.15, -0.1) is 0 Å². The normalized spacial score (nSPS) is 14.5. The van der Waals surface area contributed by atoms with Gasteiger partial charge in [0.05, 0.1) is 6.04 Å². The van der Waals surface area contributed by atoms with Crippen LogP contribution in [0.15, 0.2) is 30.3 Å². The molecule has 0 spiro atoms. The number of rotatable bonds is 12. The van der Waals surface area contributed by atoms with Crippen LogP contribution >= 0.6 is 0 Å². The number of aliphatic carboxylic acids is 1. The predicted octanol–water partition coefficient (Wildman–Crippen LogP) is 3.94. The molecule has 0 heterocycles. The number of carboxylic acid groups (broad SMARTS) is 1. The van der Waals surface area contributed by atoms with Crippen molar-refractivity contribution >= 4 is 23.7 Å². The zero-order valence-electron chi connectivity index (χ0n) is 24.3. The van der Waals surface area contributed by atoms with Crippen LogP contribution in [-0.4, -0.2) is 70.8 Å². The fourth-order valence-electron chi connectivity index (χ4n) is 4.82. The van der Waals surface area contributed by atoms with E-state index in [9.17, 15) is 24.3 Å². The average molecular weight is 518 g/mol. The van der Waals surface area contributed by atoms with E-state index < -0.39 is 35.4 Å². The average Bonchev–Trinajstić information content (AvgIpc) is 2.78. The van der Waals surface area contributed by atoms with E-state index in [1.165, 1.54) is 11.8 Å². The van der Waals surface area contributed by atoms with Crippen LogP contribution < -0.4 is 5.32 Å². The molecule has 1 aromatic rings. The van der Waals surface area contributed by atoms with Crippen molar-refractivity contribution < 1.29 is 24.3 Å². The van der Waals surface area contributed by atoms with Crippen molar-refractivity contribution in [1.82, 2.24) is 15.1 Å². The highest BCUT2D eigenvalue weighted by Gasteiger charge is 2.41. The third-order valence-corrected chi connectivity index (χ3v) is 7.31. The molecule has 2 N–H and O–H groups in total. The Labute approximate surface area is 222 Å². The fourth-order valence-corrected chi connectivity index (χ4v) is 4.82. The van der Waals surface area contributed by atoms with Gasteiger partial charge in [-0.25, -0.2) is 0 Å². The third-order valence-electron chi connectivity index (χ3n) is 7.31. The first-order chi connectivity index (χ1) is 16.9. The molecule has 0 radical (unpaired) electrons. The molecular formula is C29H47N3O5. The molecule has 0 aliphatic heterocycles. The van der Waals surface area contributed by atoms with E-state index in [4.69, 9.17) is 0 Å². The van der Waals surface area contributed by atoms with Gasteiger partial charge in [0.2, 0.25) is 17.7 Å². The van der Waals surface area contributed by atoms with Crippen molar-refractivity contribution in [2.45, 2.75) is 86.2 Å². The molecule has 0 aliphatic carbocycles. The number of likely N-dealkylation sites (N-methyl/N-ethyl adjacent to an activating group) is 1. The summed E-state index contributed by atoms with van der Waals surface area (Å²) in [5.74, 6) is -2.35. The Morgan fingerprint density at radius 1 is 1.00 bits per heavy atom. The number of nitrogens with zero attached hydrogens (tertiary/aromatic N) is 2. The molecule has 0 saturated carbocycles. The largest absolute Gasteiger partial charge is 0.480 e. The van der Waals surface area contributed by atoms with Gasteiger partial charge in [0.1, 0.15) is 12.6 Å². The smallest absolute Gasteiger partial charge is 0.323 e. The van der Waals surface area contributed by atoms with Crippen LogP contribution in [0.4, 0.5) is 0 Å². The highest BCUT2D eigenvalue weighted by molar-refractivity contribution is 5.90. The van der Waals surface area contributed by atoms with Crippen molar-refractivity contribution in [1.29, 1.82) is 0 Å². The van der Waals surface area contributed by atoms with E-state index >= 15 is 0 Å². The van der Waals surface area contributed by atoms with Crippen LogP contribution in [0, 0.1) is 17.3 Å². The van der Waals surface area contributed by atoms with Gasteiger partial charge in [-0.2, -0.15) is 0 Å². The topological polar surface area (TPSA) is 107 Å². The first-order valence-corrected chi connectivity index (χ1v) is 13.0. The lowest BCUT2D eigenvalue weighted by molar-refractivity contribution is -0.146. The molecule has 0 bridgehead atoms. The third kappa shape index (κ3) is 8.58. The standard InChI is InChI=1S/C29H47N3O5/c1-11-22(29(8,9)21-15-13-12-14-16-21)26(36)30-25(28(5,6)7)27(37)31(10)23(19(2)3)17-32(20(4)33)18-24(34)35/h12-16,19,22-23,25H,11,17-18H2,1-10H3,(H,30,36)(H,34,35)/t22-,23-,25-/m1/s1. The molecule has 208 valence electrons.